The predicted molar refractivity (Wildman–Crippen MR) is 103 cm³/mol. The number of rotatable bonds is 7. The first-order valence-corrected chi connectivity index (χ1v) is 9.07. The van der Waals surface area contributed by atoms with Gasteiger partial charge in [0.05, 0.1) is 7.11 Å². The van der Waals surface area contributed by atoms with Gasteiger partial charge in [0.2, 0.25) is 0 Å². The average molecular weight is 339 g/mol. The minimum Gasteiger partial charge on any atom is -0.497 e. The molecule has 134 valence electrons. The fourth-order valence-electron chi connectivity index (χ4n) is 3.25. The van der Waals surface area contributed by atoms with Gasteiger partial charge in [0, 0.05) is 45.3 Å². The summed E-state index contributed by atoms with van der Waals surface area (Å²) in [7, 11) is 3.91. The van der Waals surface area contributed by atoms with Crippen LogP contribution in [0.5, 0.6) is 5.75 Å². The van der Waals surface area contributed by atoms with Crippen molar-refractivity contribution < 1.29 is 4.74 Å². The van der Waals surface area contributed by atoms with Crippen LogP contribution in [0.25, 0.3) is 0 Å². The molecule has 1 atom stereocenters. The Kier molecular flexibility index (Phi) is 6.45. The molecule has 1 saturated heterocycles. The fraction of sp³-hybridized carbons (Fsp3) is 0.429. The van der Waals surface area contributed by atoms with Crippen LogP contribution in [0.3, 0.4) is 0 Å². The van der Waals surface area contributed by atoms with E-state index < -0.39 is 0 Å². The van der Waals surface area contributed by atoms with Crippen LogP contribution in [0, 0.1) is 0 Å². The maximum Gasteiger partial charge on any atom is 0.118 e. The number of hydrogen-bond acceptors (Lipinski definition) is 4. The van der Waals surface area contributed by atoms with Crippen LogP contribution in [0.2, 0.25) is 0 Å². The fourth-order valence-corrected chi connectivity index (χ4v) is 3.25. The monoisotopic (exact) mass is 339 g/mol. The first-order valence-electron chi connectivity index (χ1n) is 9.07. The van der Waals surface area contributed by atoms with Crippen molar-refractivity contribution in [3.8, 4) is 5.75 Å². The molecular formula is C21H29N3O. The minimum atomic E-state index is 0.340. The zero-order valence-corrected chi connectivity index (χ0v) is 15.3. The second-order valence-corrected chi connectivity index (χ2v) is 6.80. The molecule has 1 N–H and O–H groups in total. The van der Waals surface area contributed by atoms with E-state index in [1.54, 1.807) is 7.11 Å². The summed E-state index contributed by atoms with van der Waals surface area (Å²) in [4.78, 5) is 4.97. The van der Waals surface area contributed by atoms with Gasteiger partial charge in [0.15, 0.2) is 0 Å². The van der Waals surface area contributed by atoms with E-state index in [0.717, 1.165) is 45.0 Å². The molecule has 0 unspecified atom stereocenters. The smallest absolute Gasteiger partial charge is 0.118 e. The van der Waals surface area contributed by atoms with E-state index in [1.165, 1.54) is 11.1 Å². The maximum atomic E-state index is 5.24. The number of hydrogen-bond donors (Lipinski definition) is 1. The van der Waals surface area contributed by atoms with Crippen LogP contribution in [-0.4, -0.2) is 56.7 Å². The van der Waals surface area contributed by atoms with Gasteiger partial charge in [0.25, 0.3) is 0 Å². The third kappa shape index (κ3) is 5.30. The third-order valence-electron chi connectivity index (χ3n) is 4.95. The van der Waals surface area contributed by atoms with Crippen molar-refractivity contribution in [2.75, 3.05) is 46.9 Å². The van der Waals surface area contributed by atoms with Gasteiger partial charge in [-0.05, 0) is 30.3 Å². The Morgan fingerprint density at radius 1 is 0.960 bits per heavy atom. The molecule has 2 aromatic rings. The second kappa shape index (κ2) is 8.99. The van der Waals surface area contributed by atoms with Crippen molar-refractivity contribution in [3.05, 3.63) is 65.7 Å². The zero-order valence-electron chi connectivity index (χ0n) is 15.3. The number of methoxy groups -OCH3 is 1. The molecule has 0 spiro atoms. The molecule has 0 saturated carbocycles. The molecule has 0 bridgehead atoms. The molecule has 1 fully saturated rings. The topological polar surface area (TPSA) is 27.7 Å². The maximum absolute atomic E-state index is 5.24. The Balaban J connectivity index is 1.63. The normalized spacial score (nSPS) is 17.4. The standard InChI is InChI=1S/C21H29N3O/c1-23-12-14-24(15-13-23)17-21(19-6-4-3-5-7-19)22-16-18-8-10-20(25-2)11-9-18/h3-11,21-22H,12-17H2,1-2H3/t21-/m0/s1. The Bertz CT molecular complexity index is 621. The molecular weight excluding hydrogens is 310 g/mol. The van der Waals surface area contributed by atoms with Gasteiger partial charge in [0.1, 0.15) is 5.75 Å². The molecule has 1 aliphatic heterocycles. The summed E-state index contributed by atoms with van der Waals surface area (Å²) in [5.74, 6) is 0.904. The molecule has 0 radical (unpaired) electrons. The molecule has 2 aromatic carbocycles. The number of benzene rings is 2. The SMILES string of the molecule is COc1ccc(CN[C@@H](CN2CCN(C)CC2)c2ccccc2)cc1. The summed E-state index contributed by atoms with van der Waals surface area (Å²) in [6, 6.07) is 19.4. The van der Waals surface area contributed by atoms with Crippen LogP contribution in [0.1, 0.15) is 17.2 Å². The Morgan fingerprint density at radius 3 is 2.28 bits per heavy atom. The quantitative estimate of drug-likeness (QED) is 0.839. The van der Waals surface area contributed by atoms with E-state index in [1.807, 2.05) is 12.1 Å². The minimum absolute atomic E-state index is 0.340. The summed E-state index contributed by atoms with van der Waals surface area (Å²) in [5.41, 5.74) is 2.63. The lowest BCUT2D eigenvalue weighted by Crippen LogP contribution is -2.47. The van der Waals surface area contributed by atoms with E-state index in [9.17, 15) is 0 Å². The van der Waals surface area contributed by atoms with Crippen molar-refractivity contribution >= 4 is 0 Å². The summed E-state index contributed by atoms with van der Waals surface area (Å²) in [6.07, 6.45) is 0. The van der Waals surface area contributed by atoms with Gasteiger partial charge < -0.3 is 15.0 Å². The molecule has 1 aliphatic rings. The average Bonchev–Trinajstić information content (AvgIpc) is 2.68. The van der Waals surface area contributed by atoms with Gasteiger partial charge in [-0.1, -0.05) is 42.5 Å². The van der Waals surface area contributed by atoms with Crippen LogP contribution in [-0.2, 0) is 6.54 Å². The number of nitrogens with zero attached hydrogens (tertiary/aromatic N) is 2. The van der Waals surface area contributed by atoms with E-state index in [2.05, 4.69) is 64.6 Å². The largest absolute Gasteiger partial charge is 0.497 e. The van der Waals surface area contributed by atoms with Crippen LogP contribution < -0.4 is 10.1 Å². The van der Waals surface area contributed by atoms with Crippen LogP contribution >= 0.6 is 0 Å². The van der Waals surface area contributed by atoms with E-state index in [0.29, 0.717) is 6.04 Å². The Labute approximate surface area is 151 Å². The van der Waals surface area contributed by atoms with Crippen molar-refractivity contribution in [3.63, 3.8) is 0 Å². The molecule has 4 nitrogen and oxygen atoms in total. The van der Waals surface area contributed by atoms with Crippen LogP contribution in [0.15, 0.2) is 54.6 Å². The van der Waals surface area contributed by atoms with Gasteiger partial charge in [-0.15, -0.1) is 0 Å². The molecule has 0 aliphatic carbocycles. The van der Waals surface area contributed by atoms with E-state index in [4.69, 9.17) is 4.74 Å². The molecule has 4 heteroatoms. The van der Waals surface area contributed by atoms with Gasteiger partial charge in [-0.25, -0.2) is 0 Å². The third-order valence-corrected chi connectivity index (χ3v) is 4.95. The number of piperazine rings is 1. The molecule has 1 heterocycles. The highest BCUT2D eigenvalue weighted by molar-refractivity contribution is 5.27. The van der Waals surface area contributed by atoms with Crippen molar-refractivity contribution in [1.82, 2.24) is 15.1 Å². The summed E-state index contributed by atoms with van der Waals surface area (Å²) >= 11 is 0. The number of ether oxygens (including phenoxy) is 1. The van der Waals surface area contributed by atoms with Crippen molar-refractivity contribution in [2.24, 2.45) is 0 Å². The van der Waals surface area contributed by atoms with E-state index in [-0.39, 0.29) is 0 Å². The van der Waals surface area contributed by atoms with Gasteiger partial charge >= 0.3 is 0 Å². The highest BCUT2D eigenvalue weighted by atomic mass is 16.5. The summed E-state index contributed by atoms with van der Waals surface area (Å²) < 4.78 is 5.24. The summed E-state index contributed by atoms with van der Waals surface area (Å²) in [5, 5.41) is 3.75. The number of likely N-dealkylation sites (N-methyl/N-ethyl adjacent to an activating group) is 1. The lowest BCUT2D eigenvalue weighted by molar-refractivity contribution is 0.142. The van der Waals surface area contributed by atoms with Crippen molar-refractivity contribution in [1.29, 1.82) is 0 Å². The van der Waals surface area contributed by atoms with Crippen LogP contribution in [0.4, 0.5) is 0 Å². The number of nitrogens with one attached hydrogen (secondary N) is 1. The molecule has 25 heavy (non-hydrogen) atoms. The lowest BCUT2D eigenvalue weighted by atomic mass is 10.1. The van der Waals surface area contributed by atoms with E-state index >= 15 is 0 Å². The van der Waals surface area contributed by atoms with Gasteiger partial charge in [-0.2, -0.15) is 0 Å². The summed E-state index contributed by atoms with van der Waals surface area (Å²) in [6.45, 7) is 6.50. The van der Waals surface area contributed by atoms with Crippen molar-refractivity contribution in [2.45, 2.75) is 12.6 Å². The zero-order chi connectivity index (χ0) is 17.5. The lowest BCUT2D eigenvalue weighted by Gasteiger charge is -2.35. The molecule has 0 aromatic heterocycles. The highest BCUT2D eigenvalue weighted by Gasteiger charge is 2.19. The Morgan fingerprint density at radius 2 is 1.64 bits per heavy atom. The molecule has 0 amide bonds. The first-order chi connectivity index (χ1) is 12.2. The predicted octanol–water partition coefficient (Wildman–Crippen LogP) is 2.77. The highest BCUT2D eigenvalue weighted by Crippen LogP contribution is 2.17. The second-order valence-electron chi connectivity index (χ2n) is 6.80. The Hall–Kier alpha value is -1.88. The van der Waals surface area contributed by atoms with Gasteiger partial charge in [-0.3, -0.25) is 4.90 Å². The molecule has 3 rings (SSSR count). The first kappa shape index (κ1) is 17.9.